The minimum atomic E-state index is -0.157. The maximum absolute atomic E-state index is 12.2. The number of carbonyl (C=O) groups excluding carboxylic acids is 1. The molecule has 1 aromatic carbocycles. The van der Waals surface area contributed by atoms with Crippen LogP contribution in [0.5, 0.6) is 5.75 Å². The Hall–Kier alpha value is -0.740. The van der Waals surface area contributed by atoms with Gasteiger partial charge >= 0.3 is 0 Å². The van der Waals surface area contributed by atoms with Gasteiger partial charge in [-0.1, -0.05) is 29.8 Å². The normalized spacial score (nSPS) is 12.3. The highest BCUT2D eigenvalue weighted by Crippen LogP contribution is 2.23. The molecule has 3 nitrogen and oxygen atoms in total. The number of hydrogen-bond acceptors (Lipinski definition) is 2. The van der Waals surface area contributed by atoms with E-state index in [-0.39, 0.29) is 11.9 Å². The zero-order chi connectivity index (χ0) is 14.4. The molecule has 1 unspecified atom stereocenters. The van der Waals surface area contributed by atoms with Crippen molar-refractivity contribution in [2.75, 3.05) is 13.0 Å². The summed E-state index contributed by atoms with van der Waals surface area (Å²) in [4.78, 5) is 12.2. The fraction of sp³-hybridized carbons (Fsp3) is 0.500. The minimum absolute atomic E-state index is 0.0254. The van der Waals surface area contributed by atoms with Gasteiger partial charge in [0, 0.05) is 16.4 Å². The molecule has 0 heterocycles. The summed E-state index contributed by atoms with van der Waals surface area (Å²) < 4.78 is 6.09. The number of amides is 1. The Labute approximate surface area is 127 Å². The second-order valence-corrected chi connectivity index (χ2v) is 6.02. The molecule has 1 atom stereocenters. The van der Waals surface area contributed by atoms with Crippen molar-refractivity contribution in [3.63, 3.8) is 0 Å². The predicted molar refractivity (Wildman–Crippen MR) is 82.1 cm³/mol. The smallest absolute Gasteiger partial charge is 0.255 e. The fourth-order valence-electron chi connectivity index (χ4n) is 1.85. The number of benzene rings is 1. The number of halogens is 2. The summed E-state index contributed by atoms with van der Waals surface area (Å²) in [5, 5.41) is 2.94. The molecule has 1 amide bonds. The molecule has 0 aliphatic rings. The Morgan fingerprint density at radius 3 is 2.68 bits per heavy atom. The number of methoxy groups -OCH3 is 1. The van der Waals surface area contributed by atoms with E-state index in [1.165, 1.54) is 0 Å². The summed E-state index contributed by atoms with van der Waals surface area (Å²) in [7, 11) is 1.55. The molecule has 1 aromatic rings. The van der Waals surface area contributed by atoms with Crippen LogP contribution in [0.15, 0.2) is 22.7 Å². The number of ether oxygens (including phenoxy) is 1. The van der Waals surface area contributed by atoms with Crippen molar-refractivity contribution in [3.05, 3.63) is 28.2 Å². The summed E-state index contributed by atoms with van der Waals surface area (Å²) >= 11 is 9.24. The molecule has 0 radical (unpaired) electrons. The van der Waals surface area contributed by atoms with E-state index in [0.717, 1.165) is 10.9 Å². The zero-order valence-corrected chi connectivity index (χ0v) is 13.7. The summed E-state index contributed by atoms with van der Waals surface area (Å²) in [5.74, 6) is 1.28. The van der Waals surface area contributed by atoms with E-state index < -0.39 is 0 Å². The van der Waals surface area contributed by atoms with Crippen LogP contribution in [0.1, 0.15) is 30.6 Å². The first kappa shape index (κ1) is 16.3. The lowest BCUT2D eigenvalue weighted by molar-refractivity contribution is 0.0933. The van der Waals surface area contributed by atoms with Crippen LogP contribution in [-0.2, 0) is 0 Å². The van der Waals surface area contributed by atoms with Gasteiger partial charge in [-0.3, -0.25) is 4.79 Å². The Balaban J connectivity index is 2.82. The van der Waals surface area contributed by atoms with Crippen molar-refractivity contribution in [1.82, 2.24) is 5.32 Å². The van der Waals surface area contributed by atoms with Crippen LogP contribution in [0, 0.1) is 5.92 Å². The molecule has 106 valence electrons. The van der Waals surface area contributed by atoms with Crippen LogP contribution in [-0.4, -0.2) is 24.9 Å². The van der Waals surface area contributed by atoms with Crippen molar-refractivity contribution in [1.29, 1.82) is 0 Å². The van der Waals surface area contributed by atoms with Crippen molar-refractivity contribution < 1.29 is 9.53 Å². The molecule has 19 heavy (non-hydrogen) atoms. The van der Waals surface area contributed by atoms with Gasteiger partial charge in [0.25, 0.3) is 5.91 Å². The van der Waals surface area contributed by atoms with Gasteiger partial charge in [0.15, 0.2) is 0 Å². The minimum Gasteiger partial charge on any atom is -0.496 e. The van der Waals surface area contributed by atoms with E-state index in [1.54, 1.807) is 19.2 Å². The molecule has 0 aromatic heterocycles. The van der Waals surface area contributed by atoms with E-state index in [4.69, 9.17) is 16.3 Å². The number of rotatable bonds is 6. The van der Waals surface area contributed by atoms with E-state index in [2.05, 4.69) is 35.1 Å². The second kappa shape index (κ2) is 7.75. The highest BCUT2D eigenvalue weighted by atomic mass is 79.9. The molecule has 1 N–H and O–H groups in total. The summed E-state index contributed by atoms with van der Waals surface area (Å²) in [6.07, 6.45) is 0.855. The topological polar surface area (TPSA) is 38.3 Å². The maximum Gasteiger partial charge on any atom is 0.255 e. The molecule has 0 aliphatic carbocycles. The first-order valence-corrected chi connectivity index (χ1v) is 7.51. The molecule has 0 bridgehead atoms. The molecule has 1 rings (SSSR count). The third-order valence-electron chi connectivity index (χ3n) is 2.69. The van der Waals surface area contributed by atoms with Crippen molar-refractivity contribution in [2.45, 2.75) is 26.3 Å². The van der Waals surface area contributed by atoms with Gasteiger partial charge in [-0.2, -0.15) is 0 Å². The zero-order valence-electron chi connectivity index (χ0n) is 11.4. The van der Waals surface area contributed by atoms with E-state index in [9.17, 15) is 4.79 Å². The summed E-state index contributed by atoms with van der Waals surface area (Å²) in [6, 6.07) is 5.30. The summed E-state index contributed by atoms with van der Waals surface area (Å²) in [5.41, 5.74) is 0.518. The van der Waals surface area contributed by atoms with Crippen LogP contribution < -0.4 is 10.1 Å². The van der Waals surface area contributed by atoms with Gasteiger partial charge in [-0.05, 0) is 30.5 Å². The van der Waals surface area contributed by atoms with Gasteiger partial charge in [0.2, 0.25) is 0 Å². The van der Waals surface area contributed by atoms with Crippen molar-refractivity contribution >= 4 is 33.4 Å². The Kier molecular flexibility index (Phi) is 6.66. The van der Waals surface area contributed by atoms with E-state index in [0.29, 0.717) is 23.1 Å². The molecule has 5 heteroatoms. The van der Waals surface area contributed by atoms with Crippen LogP contribution >= 0.6 is 27.5 Å². The first-order valence-electron chi connectivity index (χ1n) is 6.18. The predicted octanol–water partition coefficient (Wildman–Crippen LogP) is 3.84. The van der Waals surface area contributed by atoms with Crippen LogP contribution in [0.2, 0.25) is 0 Å². The number of hydrogen-bond donors (Lipinski definition) is 1. The standard InChI is InChI=1S/C14H19BrClNO2/c1-9(2)6-11(8-16)17-14(18)12-5-4-10(15)7-13(12)19-3/h4-5,7,9,11H,6,8H2,1-3H3,(H,17,18). The second-order valence-electron chi connectivity index (χ2n) is 4.80. The highest BCUT2D eigenvalue weighted by molar-refractivity contribution is 9.10. The van der Waals surface area contributed by atoms with Crippen LogP contribution in [0.25, 0.3) is 0 Å². The number of nitrogens with one attached hydrogen (secondary N) is 1. The number of alkyl halides is 1. The molecule has 0 saturated carbocycles. The van der Waals surface area contributed by atoms with Crippen LogP contribution in [0.4, 0.5) is 0 Å². The van der Waals surface area contributed by atoms with Crippen molar-refractivity contribution in [3.8, 4) is 5.75 Å². The molecule has 0 saturated heterocycles. The molecule has 0 fully saturated rings. The Morgan fingerprint density at radius 2 is 2.16 bits per heavy atom. The largest absolute Gasteiger partial charge is 0.496 e. The highest BCUT2D eigenvalue weighted by Gasteiger charge is 2.17. The van der Waals surface area contributed by atoms with Gasteiger partial charge in [-0.15, -0.1) is 11.6 Å². The molecular formula is C14H19BrClNO2. The lowest BCUT2D eigenvalue weighted by atomic mass is 10.0. The van der Waals surface area contributed by atoms with Gasteiger partial charge < -0.3 is 10.1 Å². The quantitative estimate of drug-likeness (QED) is 0.793. The van der Waals surface area contributed by atoms with Crippen LogP contribution in [0.3, 0.4) is 0 Å². The monoisotopic (exact) mass is 347 g/mol. The van der Waals surface area contributed by atoms with Crippen molar-refractivity contribution in [2.24, 2.45) is 5.92 Å². The first-order chi connectivity index (χ1) is 8.97. The SMILES string of the molecule is COc1cc(Br)ccc1C(=O)NC(CCl)CC(C)C. The van der Waals surface area contributed by atoms with E-state index >= 15 is 0 Å². The van der Waals surface area contributed by atoms with Gasteiger partial charge in [-0.25, -0.2) is 0 Å². The lowest BCUT2D eigenvalue weighted by Gasteiger charge is -2.19. The third kappa shape index (κ3) is 5.03. The average Bonchev–Trinajstić information content (AvgIpc) is 2.36. The maximum atomic E-state index is 12.2. The van der Waals surface area contributed by atoms with E-state index in [1.807, 2.05) is 6.07 Å². The average molecular weight is 349 g/mol. The van der Waals surface area contributed by atoms with Gasteiger partial charge in [0.1, 0.15) is 5.75 Å². The number of carbonyl (C=O) groups is 1. The Morgan fingerprint density at radius 1 is 1.47 bits per heavy atom. The third-order valence-corrected chi connectivity index (χ3v) is 3.55. The molecular weight excluding hydrogens is 330 g/mol. The molecule has 0 spiro atoms. The Bertz CT molecular complexity index is 437. The molecule has 0 aliphatic heterocycles. The van der Waals surface area contributed by atoms with Gasteiger partial charge in [0.05, 0.1) is 12.7 Å². The fourth-order valence-corrected chi connectivity index (χ4v) is 2.39. The lowest BCUT2D eigenvalue weighted by Crippen LogP contribution is -2.37. The summed E-state index contributed by atoms with van der Waals surface area (Å²) in [6.45, 7) is 4.21.